The predicted octanol–water partition coefficient (Wildman–Crippen LogP) is 4.17. The monoisotopic (exact) mass is 477 g/mol. The fourth-order valence-corrected chi connectivity index (χ4v) is 4.38. The fourth-order valence-electron chi connectivity index (χ4n) is 4.38. The summed E-state index contributed by atoms with van der Waals surface area (Å²) in [6.07, 6.45) is -0.334. The van der Waals surface area contributed by atoms with Gasteiger partial charge >= 0.3 is 11.6 Å². The van der Waals surface area contributed by atoms with Crippen molar-refractivity contribution in [3.63, 3.8) is 0 Å². The van der Waals surface area contributed by atoms with Crippen molar-refractivity contribution < 1.29 is 23.8 Å². The zero-order valence-electron chi connectivity index (χ0n) is 20.0. The van der Waals surface area contributed by atoms with Gasteiger partial charge in [-0.3, -0.25) is 9.59 Å². The summed E-state index contributed by atoms with van der Waals surface area (Å²) in [6.45, 7) is 4.40. The lowest BCUT2D eigenvalue weighted by atomic mass is 9.88. The third-order valence-corrected chi connectivity index (χ3v) is 6.02. The second-order valence-electron chi connectivity index (χ2n) is 8.81. The Kier molecular flexibility index (Phi) is 6.64. The Morgan fingerprint density at radius 1 is 1.09 bits per heavy atom. The molecule has 2 aromatic heterocycles. The molecule has 0 aliphatic carbocycles. The Morgan fingerprint density at radius 3 is 2.51 bits per heavy atom. The minimum atomic E-state index is -1.09. The fraction of sp³-hybridized carbons (Fsp3) is 0.296. The second-order valence-corrected chi connectivity index (χ2v) is 8.81. The first-order valence-corrected chi connectivity index (χ1v) is 11.3. The molecule has 182 valence electrons. The molecule has 4 aromatic rings. The molecular formula is C27H27NO7. The van der Waals surface area contributed by atoms with E-state index in [1.54, 1.807) is 60.2 Å². The van der Waals surface area contributed by atoms with Gasteiger partial charge < -0.3 is 23.6 Å². The molecule has 0 radical (unpaired) electrons. The van der Waals surface area contributed by atoms with Crippen molar-refractivity contribution in [1.82, 2.24) is 4.57 Å². The highest BCUT2D eigenvalue weighted by molar-refractivity contribution is 5.85. The van der Waals surface area contributed by atoms with Gasteiger partial charge in [0.25, 0.3) is 5.56 Å². The minimum Gasteiger partial charge on any atom is -0.507 e. The number of fused-ring (bicyclic) bond motifs is 2. The Balaban J connectivity index is 2.07. The van der Waals surface area contributed by atoms with Crippen LogP contribution in [0.2, 0.25) is 0 Å². The number of para-hydroxylation sites is 1. The predicted molar refractivity (Wildman–Crippen MR) is 132 cm³/mol. The Labute approximate surface area is 201 Å². The van der Waals surface area contributed by atoms with Gasteiger partial charge in [-0.05, 0) is 42.3 Å². The van der Waals surface area contributed by atoms with Gasteiger partial charge in [0.2, 0.25) is 0 Å². The molecule has 0 fully saturated rings. The van der Waals surface area contributed by atoms with Crippen LogP contribution in [0, 0.1) is 5.92 Å². The van der Waals surface area contributed by atoms with E-state index in [4.69, 9.17) is 13.9 Å². The van der Waals surface area contributed by atoms with Gasteiger partial charge in [-0.25, -0.2) is 4.79 Å². The standard InChI is InChI=1S/C27H27NO7/c1-15(2)14-28-21-10-9-17(33-3)11-16(21)12-20(26(28)31)19(13-23(29)34-4)24-25(30)18-7-5-6-8-22(18)35-27(24)32/h5-12,15,19,30H,13-14H2,1-4H3/t19-/m1/s1. The van der Waals surface area contributed by atoms with Crippen LogP contribution in [-0.4, -0.2) is 29.9 Å². The molecule has 4 rings (SSSR count). The van der Waals surface area contributed by atoms with E-state index in [0.717, 1.165) is 0 Å². The van der Waals surface area contributed by atoms with Crippen molar-refractivity contribution in [2.75, 3.05) is 14.2 Å². The molecule has 0 unspecified atom stereocenters. The number of rotatable bonds is 7. The molecule has 0 bridgehead atoms. The van der Waals surface area contributed by atoms with Crippen molar-refractivity contribution in [2.45, 2.75) is 32.7 Å². The van der Waals surface area contributed by atoms with E-state index in [9.17, 15) is 19.5 Å². The van der Waals surface area contributed by atoms with Crippen molar-refractivity contribution in [2.24, 2.45) is 5.92 Å². The van der Waals surface area contributed by atoms with Crippen LogP contribution in [0.15, 0.2) is 62.5 Å². The Hall–Kier alpha value is -4.07. The summed E-state index contributed by atoms with van der Waals surface area (Å²) in [4.78, 5) is 39.3. The van der Waals surface area contributed by atoms with Crippen molar-refractivity contribution in [3.8, 4) is 11.5 Å². The third kappa shape index (κ3) is 4.51. The molecule has 1 N–H and O–H groups in total. The quantitative estimate of drug-likeness (QED) is 0.314. The maximum atomic E-state index is 13.8. The van der Waals surface area contributed by atoms with Gasteiger partial charge in [0.05, 0.1) is 37.1 Å². The molecule has 2 heterocycles. The Morgan fingerprint density at radius 2 is 1.83 bits per heavy atom. The lowest BCUT2D eigenvalue weighted by Gasteiger charge is -2.21. The van der Waals surface area contributed by atoms with Crippen LogP contribution in [0.25, 0.3) is 21.9 Å². The van der Waals surface area contributed by atoms with Gasteiger partial charge in [0.15, 0.2) is 0 Å². The number of aromatic hydroxyl groups is 1. The molecule has 0 aliphatic rings. The summed E-state index contributed by atoms with van der Waals surface area (Å²) in [5, 5.41) is 12.1. The largest absolute Gasteiger partial charge is 0.507 e. The second kappa shape index (κ2) is 9.66. The average Bonchev–Trinajstić information content (AvgIpc) is 2.84. The highest BCUT2D eigenvalue weighted by Crippen LogP contribution is 2.36. The topological polar surface area (TPSA) is 108 Å². The zero-order valence-corrected chi connectivity index (χ0v) is 20.0. The number of hydrogen-bond acceptors (Lipinski definition) is 7. The molecule has 0 saturated heterocycles. The molecule has 0 saturated carbocycles. The van der Waals surface area contributed by atoms with Crippen molar-refractivity contribution >= 4 is 27.8 Å². The van der Waals surface area contributed by atoms with E-state index < -0.39 is 17.5 Å². The number of aromatic nitrogens is 1. The van der Waals surface area contributed by atoms with Crippen LogP contribution >= 0.6 is 0 Å². The molecule has 8 heteroatoms. The van der Waals surface area contributed by atoms with E-state index in [2.05, 4.69) is 0 Å². The highest BCUT2D eigenvalue weighted by atomic mass is 16.5. The molecule has 2 aromatic carbocycles. The number of methoxy groups -OCH3 is 2. The number of ether oxygens (including phenoxy) is 2. The summed E-state index contributed by atoms with van der Waals surface area (Å²) in [5.41, 5.74) is -0.275. The molecular weight excluding hydrogens is 450 g/mol. The van der Waals surface area contributed by atoms with E-state index in [1.165, 1.54) is 7.11 Å². The molecule has 0 aliphatic heterocycles. The van der Waals surface area contributed by atoms with Crippen molar-refractivity contribution in [3.05, 3.63) is 80.4 Å². The number of carbonyl (C=O) groups excluding carboxylic acids is 1. The van der Waals surface area contributed by atoms with E-state index >= 15 is 0 Å². The van der Waals surface area contributed by atoms with Crippen LogP contribution in [0.3, 0.4) is 0 Å². The average molecular weight is 478 g/mol. The SMILES string of the molecule is COC(=O)C[C@@H](c1c(O)c2ccccc2oc1=O)c1cc2cc(OC)ccc2n(CC(C)C)c1=O. The number of esters is 1. The van der Waals surface area contributed by atoms with Crippen LogP contribution in [0.4, 0.5) is 0 Å². The van der Waals surface area contributed by atoms with E-state index in [1.807, 2.05) is 13.8 Å². The van der Waals surface area contributed by atoms with Crippen LogP contribution < -0.4 is 15.9 Å². The zero-order chi connectivity index (χ0) is 25.3. The molecule has 35 heavy (non-hydrogen) atoms. The summed E-state index contributed by atoms with van der Waals surface area (Å²) in [7, 11) is 2.77. The third-order valence-electron chi connectivity index (χ3n) is 6.02. The lowest BCUT2D eigenvalue weighted by Crippen LogP contribution is -2.30. The normalized spacial score (nSPS) is 12.3. The van der Waals surface area contributed by atoms with Crippen molar-refractivity contribution in [1.29, 1.82) is 0 Å². The van der Waals surface area contributed by atoms with Gasteiger partial charge in [-0.15, -0.1) is 0 Å². The smallest absolute Gasteiger partial charge is 0.343 e. The van der Waals surface area contributed by atoms with E-state index in [0.29, 0.717) is 28.6 Å². The number of pyridine rings is 1. The number of carbonyl (C=O) groups is 1. The van der Waals surface area contributed by atoms with Gasteiger partial charge in [-0.2, -0.15) is 0 Å². The lowest BCUT2D eigenvalue weighted by molar-refractivity contribution is -0.140. The summed E-state index contributed by atoms with van der Waals surface area (Å²) < 4.78 is 17.3. The molecule has 0 amide bonds. The molecule has 1 atom stereocenters. The number of hydrogen-bond donors (Lipinski definition) is 1. The summed E-state index contributed by atoms with van der Waals surface area (Å²) in [6, 6.07) is 13.5. The first-order valence-electron chi connectivity index (χ1n) is 11.3. The summed E-state index contributed by atoms with van der Waals surface area (Å²) in [5.74, 6) is -1.32. The maximum absolute atomic E-state index is 13.8. The first-order chi connectivity index (χ1) is 16.7. The van der Waals surface area contributed by atoms with Crippen LogP contribution in [0.5, 0.6) is 11.5 Å². The first kappa shape index (κ1) is 24.1. The van der Waals surface area contributed by atoms with Crippen LogP contribution in [-0.2, 0) is 16.1 Å². The van der Waals surface area contributed by atoms with Gasteiger partial charge in [0, 0.05) is 23.4 Å². The minimum absolute atomic E-state index is 0.145. The van der Waals surface area contributed by atoms with Crippen LogP contribution in [0.1, 0.15) is 37.3 Å². The number of nitrogens with zero attached hydrogens (tertiary/aromatic N) is 1. The summed E-state index contributed by atoms with van der Waals surface area (Å²) >= 11 is 0. The highest BCUT2D eigenvalue weighted by Gasteiger charge is 2.30. The number of benzene rings is 2. The molecule has 0 spiro atoms. The van der Waals surface area contributed by atoms with E-state index in [-0.39, 0.29) is 40.4 Å². The van der Waals surface area contributed by atoms with Gasteiger partial charge in [0.1, 0.15) is 17.1 Å². The Bertz CT molecular complexity index is 1530. The molecule has 8 nitrogen and oxygen atoms in total. The van der Waals surface area contributed by atoms with Gasteiger partial charge in [-0.1, -0.05) is 26.0 Å². The maximum Gasteiger partial charge on any atom is 0.343 e.